The van der Waals surface area contributed by atoms with Crippen LogP contribution in [0.4, 0.5) is 0 Å². The highest BCUT2D eigenvalue weighted by atomic mass is 32.2. The molecule has 0 aromatic carbocycles. The van der Waals surface area contributed by atoms with Gasteiger partial charge in [-0.3, -0.25) is 0 Å². The van der Waals surface area contributed by atoms with E-state index in [0.717, 1.165) is 30.0 Å². The lowest BCUT2D eigenvalue weighted by molar-refractivity contribution is 0.588. The Morgan fingerprint density at radius 1 is 1.56 bits per heavy atom. The van der Waals surface area contributed by atoms with E-state index in [-0.39, 0.29) is 5.25 Å². The third-order valence-corrected chi connectivity index (χ3v) is 6.06. The number of hydrogen-bond acceptors (Lipinski definition) is 5. The van der Waals surface area contributed by atoms with E-state index in [4.69, 9.17) is 5.73 Å². The lowest BCUT2D eigenvalue weighted by Gasteiger charge is -2.05. The zero-order valence-electron chi connectivity index (χ0n) is 9.05. The molecule has 6 heteroatoms. The Labute approximate surface area is 99.8 Å². The van der Waals surface area contributed by atoms with Crippen LogP contribution < -0.4 is 5.73 Å². The molecule has 1 aromatic rings. The predicted molar refractivity (Wildman–Crippen MR) is 65.4 cm³/mol. The molecule has 2 heterocycles. The van der Waals surface area contributed by atoms with Crippen LogP contribution in [0.15, 0.2) is 5.38 Å². The summed E-state index contributed by atoms with van der Waals surface area (Å²) in [4.78, 5) is 4.40. The van der Waals surface area contributed by atoms with Crippen molar-refractivity contribution in [2.45, 2.75) is 30.9 Å². The maximum atomic E-state index is 11.7. The Bertz CT molecular complexity index is 453. The molecule has 90 valence electrons. The largest absolute Gasteiger partial charge is 0.330 e. The highest BCUT2D eigenvalue weighted by Crippen LogP contribution is 2.24. The lowest BCUT2D eigenvalue weighted by atomic mass is 10.2. The summed E-state index contributed by atoms with van der Waals surface area (Å²) in [7, 11) is -2.85. The molecular weight excluding hydrogens is 244 g/mol. The number of nitrogens with two attached hydrogens (primary N) is 1. The number of nitrogens with zero attached hydrogens (tertiary/aromatic N) is 1. The molecule has 1 aliphatic heterocycles. The minimum absolute atomic E-state index is 0.204. The van der Waals surface area contributed by atoms with Crippen LogP contribution >= 0.6 is 11.3 Å². The summed E-state index contributed by atoms with van der Waals surface area (Å²) in [6, 6.07) is 0. The van der Waals surface area contributed by atoms with Crippen molar-refractivity contribution < 1.29 is 8.42 Å². The van der Waals surface area contributed by atoms with Gasteiger partial charge in [0.1, 0.15) is 0 Å². The van der Waals surface area contributed by atoms with E-state index in [2.05, 4.69) is 4.98 Å². The van der Waals surface area contributed by atoms with Crippen LogP contribution in [0.3, 0.4) is 0 Å². The second kappa shape index (κ2) is 4.81. The predicted octanol–water partition coefficient (Wildman–Crippen LogP) is 0.764. The average Bonchev–Trinajstić information content (AvgIpc) is 2.76. The zero-order valence-corrected chi connectivity index (χ0v) is 10.7. The first-order valence-electron chi connectivity index (χ1n) is 5.47. The third kappa shape index (κ3) is 2.61. The van der Waals surface area contributed by atoms with Crippen molar-refractivity contribution in [3.05, 3.63) is 16.1 Å². The van der Waals surface area contributed by atoms with Gasteiger partial charge < -0.3 is 5.73 Å². The van der Waals surface area contributed by atoms with Gasteiger partial charge in [0, 0.05) is 18.2 Å². The molecule has 1 aliphatic rings. The molecule has 0 saturated carbocycles. The van der Waals surface area contributed by atoms with Gasteiger partial charge in [-0.05, 0) is 19.4 Å². The maximum absolute atomic E-state index is 11.7. The maximum Gasteiger partial charge on any atom is 0.153 e. The molecule has 16 heavy (non-hydrogen) atoms. The van der Waals surface area contributed by atoms with Crippen molar-refractivity contribution in [3.8, 4) is 0 Å². The monoisotopic (exact) mass is 260 g/mol. The molecule has 1 fully saturated rings. The van der Waals surface area contributed by atoms with Gasteiger partial charge >= 0.3 is 0 Å². The fourth-order valence-electron chi connectivity index (χ4n) is 1.99. The minimum atomic E-state index is -2.85. The second-order valence-corrected chi connectivity index (χ2v) is 7.45. The van der Waals surface area contributed by atoms with Gasteiger partial charge in [-0.2, -0.15) is 0 Å². The topological polar surface area (TPSA) is 73.1 Å². The molecule has 4 nitrogen and oxygen atoms in total. The van der Waals surface area contributed by atoms with E-state index in [1.807, 2.05) is 5.38 Å². The molecule has 1 aromatic heterocycles. The van der Waals surface area contributed by atoms with E-state index in [0.29, 0.717) is 18.7 Å². The molecule has 1 atom stereocenters. The fraction of sp³-hybridized carbons (Fsp3) is 0.700. The SMILES string of the molecule is NCCc1csc(CC2CCCS2(=O)=O)n1. The summed E-state index contributed by atoms with van der Waals surface area (Å²) in [5.41, 5.74) is 6.43. The summed E-state index contributed by atoms with van der Waals surface area (Å²) in [5, 5.41) is 2.70. The highest BCUT2D eigenvalue weighted by molar-refractivity contribution is 7.92. The Morgan fingerprint density at radius 2 is 2.38 bits per heavy atom. The molecule has 2 rings (SSSR count). The number of thiazole rings is 1. The van der Waals surface area contributed by atoms with Crippen molar-refractivity contribution in [3.63, 3.8) is 0 Å². The van der Waals surface area contributed by atoms with Gasteiger partial charge in [0.15, 0.2) is 9.84 Å². The minimum Gasteiger partial charge on any atom is -0.330 e. The van der Waals surface area contributed by atoms with Crippen LogP contribution in [0.2, 0.25) is 0 Å². The van der Waals surface area contributed by atoms with Crippen molar-refractivity contribution in [1.82, 2.24) is 4.98 Å². The van der Waals surface area contributed by atoms with E-state index in [1.54, 1.807) is 11.3 Å². The van der Waals surface area contributed by atoms with Crippen LogP contribution in [0, 0.1) is 0 Å². The standard InChI is InChI=1S/C10H16N2O2S2/c11-4-3-8-7-15-10(12-8)6-9-2-1-5-16(9,13)14/h7,9H,1-6,11H2. The average molecular weight is 260 g/mol. The summed E-state index contributed by atoms with van der Waals surface area (Å²) in [6.45, 7) is 0.588. The molecule has 1 unspecified atom stereocenters. The molecule has 2 N–H and O–H groups in total. The van der Waals surface area contributed by atoms with Crippen LogP contribution in [-0.4, -0.2) is 30.9 Å². The Kier molecular flexibility index (Phi) is 3.61. The van der Waals surface area contributed by atoms with Crippen molar-refractivity contribution >= 4 is 21.2 Å². The van der Waals surface area contributed by atoms with Crippen LogP contribution in [0.5, 0.6) is 0 Å². The number of sulfone groups is 1. The van der Waals surface area contributed by atoms with E-state index < -0.39 is 9.84 Å². The number of rotatable bonds is 4. The van der Waals surface area contributed by atoms with Gasteiger partial charge in [-0.25, -0.2) is 13.4 Å². The molecule has 0 aliphatic carbocycles. The zero-order chi connectivity index (χ0) is 11.6. The first kappa shape index (κ1) is 12.0. The van der Waals surface area contributed by atoms with Gasteiger partial charge in [-0.1, -0.05) is 0 Å². The molecule has 0 amide bonds. The quantitative estimate of drug-likeness (QED) is 0.867. The van der Waals surface area contributed by atoms with E-state index >= 15 is 0 Å². The second-order valence-electron chi connectivity index (χ2n) is 4.11. The first-order chi connectivity index (χ1) is 7.62. The Morgan fingerprint density at radius 3 is 3.00 bits per heavy atom. The van der Waals surface area contributed by atoms with Crippen molar-refractivity contribution in [2.75, 3.05) is 12.3 Å². The lowest BCUT2D eigenvalue weighted by Crippen LogP contribution is -2.18. The van der Waals surface area contributed by atoms with Crippen molar-refractivity contribution in [1.29, 1.82) is 0 Å². The van der Waals surface area contributed by atoms with E-state index in [1.165, 1.54) is 0 Å². The third-order valence-electron chi connectivity index (χ3n) is 2.86. The van der Waals surface area contributed by atoms with Gasteiger partial charge in [-0.15, -0.1) is 11.3 Å². The first-order valence-corrected chi connectivity index (χ1v) is 8.06. The molecule has 0 spiro atoms. The fourth-order valence-corrected chi connectivity index (χ4v) is 4.84. The van der Waals surface area contributed by atoms with Crippen molar-refractivity contribution in [2.24, 2.45) is 5.73 Å². The number of hydrogen-bond donors (Lipinski definition) is 1. The smallest absolute Gasteiger partial charge is 0.153 e. The molecule has 0 radical (unpaired) electrons. The molecular formula is C10H16N2O2S2. The normalized spacial score (nSPS) is 23.7. The van der Waals surface area contributed by atoms with Gasteiger partial charge in [0.2, 0.25) is 0 Å². The highest BCUT2D eigenvalue weighted by Gasteiger charge is 2.31. The molecule has 1 saturated heterocycles. The van der Waals surface area contributed by atoms with Crippen LogP contribution in [0.1, 0.15) is 23.5 Å². The summed E-state index contributed by atoms with van der Waals surface area (Å²) in [5.74, 6) is 0.346. The Hall–Kier alpha value is -0.460. The summed E-state index contributed by atoms with van der Waals surface area (Å²) < 4.78 is 23.3. The summed E-state index contributed by atoms with van der Waals surface area (Å²) >= 11 is 1.55. The van der Waals surface area contributed by atoms with Gasteiger partial charge in [0.05, 0.1) is 21.7 Å². The molecule has 0 bridgehead atoms. The van der Waals surface area contributed by atoms with Crippen LogP contribution in [-0.2, 0) is 22.7 Å². The van der Waals surface area contributed by atoms with Gasteiger partial charge in [0.25, 0.3) is 0 Å². The van der Waals surface area contributed by atoms with E-state index in [9.17, 15) is 8.42 Å². The Balaban J connectivity index is 2.03. The summed E-state index contributed by atoms with van der Waals surface area (Å²) in [6.07, 6.45) is 2.94. The number of aromatic nitrogens is 1. The van der Waals surface area contributed by atoms with Crippen LogP contribution in [0.25, 0.3) is 0 Å².